The van der Waals surface area contributed by atoms with E-state index >= 15 is 0 Å². The summed E-state index contributed by atoms with van der Waals surface area (Å²) in [6.45, 7) is 2.24. The molecule has 1 heterocycles. The number of hydrogen-bond acceptors (Lipinski definition) is 3. The van der Waals surface area contributed by atoms with Gasteiger partial charge in [0, 0.05) is 23.8 Å². The standard InChI is InChI=1S/C14H17ClN2O2/c1-17-7-3-4-11(9-17)10-19-14(18)16-13-6-2-5-12(15)8-13/h2,4-6,8H,3,7,9-10H2,1H3,(H,16,18). The number of anilines is 1. The molecule has 5 heteroatoms. The molecule has 1 aliphatic rings. The highest BCUT2D eigenvalue weighted by Crippen LogP contribution is 2.15. The van der Waals surface area contributed by atoms with Crippen molar-refractivity contribution in [1.82, 2.24) is 4.90 Å². The molecule has 19 heavy (non-hydrogen) atoms. The van der Waals surface area contributed by atoms with E-state index in [-0.39, 0.29) is 0 Å². The average Bonchev–Trinajstić information content (AvgIpc) is 2.36. The van der Waals surface area contributed by atoms with Crippen LogP contribution in [0, 0.1) is 0 Å². The number of nitrogens with one attached hydrogen (secondary N) is 1. The van der Waals surface area contributed by atoms with Gasteiger partial charge in [-0.1, -0.05) is 23.7 Å². The molecule has 0 aliphatic carbocycles. The lowest BCUT2D eigenvalue weighted by molar-refractivity contribution is 0.168. The highest BCUT2D eigenvalue weighted by Gasteiger charge is 2.10. The second-order valence-electron chi connectivity index (χ2n) is 4.60. The average molecular weight is 281 g/mol. The second kappa shape index (κ2) is 6.59. The first-order valence-corrected chi connectivity index (χ1v) is 6.57. The molecule has 4 nitrogen and oxygen atoms in total. The molecule has 0 spiro atoms. The number of ether oxygens (including phenoxy) is 1. The molecular weight excluding hydrogens is 264 g/mol. The van der Waals surface area contributed by atoms with E-state index in [1.165, 1.54) is 0 Å². The summed E-state index contributed by atoms with van der Waals surface area (Å²) in [5.74, 6) is 0. The van der Waals surface area contributed by atoms with Gasteiger partial charge in [0.15, 0.2) is 0 Å². The van der Waals surface area contributed by atoms with Gasteiger partial charge in [0.2, 0.25) is 0 Å². The number of hydrogen-bond donors (Lipinski definition) is 1. The lowest BCUT2D eigenvalue weighted by Gasteiger charge is -2.22. The van der Waals surface area contributed by atoms with Crippen LogP contribution in [0.1, 0.15) is 6.42 Å². The van der Waals surface area contributed by atoms with Gasteiger partial charge in [0.25, 0.3) is 0 Å². The van der Waals surface area contributed by atoms with Gasteiger partial charge in [-0.25, -0.2) is 4.79 Å². The number of likely N-dealkylation sites (N-methyl/N-ethyl adjacent to an activating group) is 1. The minimum absolute atomic E-state index is 0.330. The molecular formula is C14H17ClN2O2. The summed E-state index contributed by atoms with van der Waals surface area (Å²) in [5.41, 5.74) is 1.77. The zero-order valence-corrected chi connectivity index (χ0v) is 11.6. The molecule has 1 amide bonds. The summed E-state index contributed by atoms with van der Waals surface area (Å²) in [4.78, 5) is 13.8. The van der Waals surface area contributed by atoms with Crippen LogP contribution < -0.4 is 5.32 Å². The molecule has 1 aromatic carbocycles. The Balaban J connectivity index is 1.80. The van der Waals surface area contributed by atoms with Crippen LogP contribution in [-0.2, 0) is 4.74 Å². The third-order valence-electron chi connectivity index (χ3n) is 2.88. The van der Waals surface area contributed by atoms with Crippen molar-refractivity contribution in [2.75, 3.05) is 32.1 Å². The Morgan fingerprint density at radius 3 is 3.11 bits per heavy atom. The Hall–Kier alpha value is -1.52. The van der Waals surface area contributed by atoms with Crippen molar-refractivity contribution in [2.24, 2.45) is 0 Å². The van der Waals surface area contributed by atoms with Crippen molar-refractivity contribution >= 4 is 23.4 Å². The van der Waals surface area contributed by atoms with E-state index < -0.39 is 6.09 Å². The molecule has 0 fully saturated rings. The van der Waals surface area contributed by atoms with Crippen molar-refractivity contribution in [3.05, 3.63) is 40.9 Å². The summed E-state index contributed by atoms with van der Waals surface area (Å²) in [6, 6.07) is 6.97. The van der Waals surface area contributed by atoms with Crippen LogP contribution in [0.3, 0.4) is 0 Å². The number of halogens is 1. The monoisotopic (exact) mass is 280 g/mol. The first-order chi connectivity index (χ1) is 9.13. The predicted octanol–water partition coefficient (Wildman–Crippen LogP) is 3.15. The molecule has 0 saturated heterocycles. The molecule has 0 bridgehead atoms. The molecule has 0 saturated carbocycles. The van der Waals surface area contributed by atoms with Crippen molar-refractivity contribution in [2.45, 2.75) is 6.42 Å². The molecule has 1 N–H and O–H groups in total. The van der Waals surface area contributed by atoms with Gasteiger partial charge < -0.3 is 9.64 Å². The van der Waals surface area contributed by atoms with Crippen LogP contribution in [-0.4, -0.2) is 37.7 Å². The number of amides is 1. The third kappa shape index (κ3) is 4.58. The summed E-state index contributed by atoms with van der Waals surface area (Å²) < 4.78 is 5.19. The van der Waals surface area contributed by atoms with Gasteiger partial charge in [-0.3, -0.25) is 5.32 Å². The van der Waals surface area contributed by atoms with Gasteiger partial charge >= 0.3 is 6.09 Å². The van der Waals surface area contributed by atoms with Crippen molar-refractivity contribution < 1.29 is 9.53 Å². The molecule has 2 rings (SSSR count). The molecule has 102 valence electrons. The molecule has 0 atom stereocenters. The minimum atomic E-state index is -0.462. The summed E-state index contributed by atoms with van der Waals surface area (Å²) in [5, 5.41) is 3.23. The third-order valence-corrected chi connectivity index (χ3v) is 3.11. The lowest BCUT2D eigenvalue weighted by atomic mass is 10.1. The number of nitrogens with zero attached hydrogens (tertiary/aromatic N) is 1. The zero-order valence-electron chi connectivity index (χ0n) is 10.9. The lowest BCUT2D eigenvalue weighted by Crippen LogP contribution is -2.28. The van der Waals surface area contributed by atoms with E-state index in [0.29, 0.717) is 17.3 Å². The van der Waals surface area contributed by atoms with E-state index in [4.69, 9.17) is 16.3 Å². The van der Waals surface area contributed by atoms with E-state index in [2.05, 4.69) is 23.3 Å². The first-order valence-electron chi connectivity index (χ1n) is 6.19. The number of rotatable bonds is 3. The number of benzene rings is 1. The zero-order chi connectivity index (χ0) is 13.7. The molecule has 1 aliphatic heterocycles. The van der Waals surface area contributed by atoms with E-state index in [1.807, 2.05) is 0 Å². The smallest absolute Gasteiger partial charge is 0.411 e. The quantitative estimate of drug-likeness (QED) is 0.865. The number of carbonyl (C=O) groups is 1. The minimum Gasteiger partial charge on any atom is -0.445 e. The summed E-state index contributed by atoms with van der Waals surface area (Å²) in [6.07, 6.45) is 2.68. The Kier molecular flexibility index (Phi) is 4.82. The van der Waals surface area contributed by atoms with Crippen LogP contribution in [0.25, 0.3) is 0 Å². The van der Waals surface area contributed by atoms with E-state index in [1.54, 1.807) is 24.3 Å². The van der Waals surface area contributed by atoms with Crippen LogP contribution in [0.2, 0.25) is 5.02 Å². The summed E-state index contributed by atoms with van der Waals surface area (Å²) >= 11 is 5.84. The highest BCUT2D eigenvalue weighted by atomic mass is 35.5. The maximum atomic E-state index is 11.6. The largest absolute Gasteiger partial charge is 0.445 e. The van der Waals surface area contributed by atoms with Crippen LogP contribution in [0.5, 0.6) is 0 Å². The maximum Gasteiger partial charge on any atom is 0.411 e. The fourth-order valence-corrected chi connectivity index (χ4v) is 2.15. The van der Waals surface area contributed by atoms with Gasteiger partial charge in [-0.2, -0.15) is 0 Å². The van der Waals surface area contributed by atoms with Crippen LogP contribution >= 0.6 is 11.6 Å². The Labute approximate surface area is 118 Å². The molecule has 0 radical (unpaired) electrons. The molecule has 0 unspecified atom stereocenters. The van der Waals surface area contributed by atoms with Gasteiger partial charge in [0.1, 0.15) is 6.61 Å². The molecule has 1 aromatic rings. The normalized spacial score (nSPS) is 15.8. The summed E-state index contributed by atoms with van der Waals surface area (Å²) in [7, 11) is 2.05. The topological polar surface area (TPSA) is 41.6 Å². The fourth-order valence-electron chi connectivity index (χ4n) is 1.96. The Morgan fingerprint density at radius 2 is 2.37 bits per heavy atom. The highest BCUT2D eigenvalue weighted by molar-refractivity contribution is 6.30. The number of carbonyl (C=O) groups excluding carboxylic acids is 1. The predicted molar refractivity (Wildman–Crippen MR) is 76.6 cm³/mol. The Morgan fingerprint density at radius 1 is 1.53 bits per heavy atom. The maximum absolute atomic E-state index is 11.6. The van der Waals surface area contributed by atoms with Crippen molar-refractivity contribution in [1.29, 1.82) is 0 Å². The van der Waals surface area contributed by atoms with E-state index in [0.717, 1.165) is 25.1 Å². The first kappa shape index (κ1) is 13.9. The SMILES string of the molecule is CN1CCC=C(COC(=O)Nc2cccc(Cl)c2)C1. The van der Waals surface area contributed by atoms with Crippen LogP contribution in [0.15, 0.2) is 35.9 Å². The van der Waals surface area contributed by atoms with Crippen molar-refractivity contribution in [3.63, 3.8) is 0 Å². The van der Waals surface area contributed by atoms with Gasteiger partial charge in [-0.15, -0.1) is 0 Å². The van der Waals surface area contributed by atoms with Crippen molar-refractivity contribution in [3.8, 4) is 0 Å². The van der Waals surface area contributed by atoms with E-state index in [9.17, 15) is 4.79 Å². The second-order valence-corrected chi connectivity index (χ2v) is 5.04. The van der Waals surface area contributed by atoms with Crippen LogP contribution in [0.4, 0.5) is 10.5 Å². The van der Waals surface area contributed by atoms with Gasteiger partial charge in [0.05, 0.1) is 0 Å². The molecule has 0 aromatic heterocycles. The fraction of sp³-hybridized carbons (Fsp3) is 0.357. The Bertz CT molecular complexity index is 488. The van der Waals surface area contributed by atoms with Gasteiger partial charge in [-0.05, 0) is 37.2 Å².